The number of hydrogen-bond donors (Lipinski definition) is 1. The van der Waals surface area contributed by atoms with E-state index in [1.165, 1.54) is 44.9 Å². The molecule has 1 nitrogen and oxygen atoms in total. The molecule has 0 unspecified atom stereocenters. The zero-order chi connectivity index (χ0) is 14.6. The summed E-state index contributed by atoms with van der Waals surface area (Å²) in [6, 6.07) is 0. The van der Waals surface area contributed by atoms with E-state index in [1.54, 1.807) is 5.57 Å². The van der Waals surface area contributed by atoms with Gasteiger partial charge in [0, 0.05) is 0 Å². The smallest absolute Gasteiger partial charge is 0.0543 e. The Hall–Kier alpha value is -0.300. The average Bonchev–Trinajstić information content (AvgIpc) is 2.83. The lowest BCUT2D eigenvalue weighted by Gasteiger charge is -2.55. The molecule has 0 radical (unpaired) electrons. The summed E-state index contributed by atoms with van der Waals surface area (Å²) < 4.78 is 0. The molecule has 118 valence electrons. The quantitative estimate of drug-likeness (QED) is 0.626. The van der Waals surface area contributed by atoms with E-state index in [9.17, 15) is 5.11 Å². The Balaban J connectivity index is 1.58. The van der Waals surface area contributed by atoms with E-state index in [2.05, 4.69) is 19.9 Å². The van der Waals surface area contributed by atoms with Crippen LogP contribution in [-0.2, 0) is 0 Å². The number of allylic oxidation sites excluding steroid dienone is 2. The molecular formula is C20H32O. The zero-order valence-corrected chi connectivity index (χ0v) is 13.9. The summed E-state index contributed by atoms with van der Waals surface area (Å²) in [6.45, 7) is 4.83. The van der Waals surface area contributed by atoms with E-state index in [1.807, 2.05) is 0 Å². The van der Waals surface area contributed by atoms with Crippen molar-refractivity contribution in [1.29, 1.82) is 0 Å². The summed E-state index contributed by atoms with van der Waals surface area (Å²) in [7, 11) is 0. The molecule has 0 amide bonds. The molecule has 21 heavy (non-hydrogen) atoms. The zero-order valence-electron chi connectivity index (χ0n) is 13.9. The Morgan fingerprint density at radius 3 is 2.62 bits per heavy atom. The van der Waals surface area contributed by atoms with Crippen molar-refractivity contribution in [1.82, 2.24) is 0 Å². The second-order valence-electron chi connectivity index (χ2n) is 8.71. The van der Waals surface area contributed by atoms with Crippen molar-refractivity contribution in [2.24, 2.45) is 35.0 Å². The minimum absolute atomic E-state index is 0.0118. The van der Waals surface area contributed by atoms with Crippen molar-refractivity contribution in [2.75, 3.05) is 0 Å². The van der Waals surface area contributed by atoms with Gasteiger partial charge in [-0.1, -0.05) is 18.6 Å². The molecule has 4 aliphatic rings. The highest BCUT2D eigenvalue weighted by molar-refractivity contribution is 5.23. The van der Waals surface area contributed by atoms with Crippen LogP contribution in [0.2, 0.25) is 0 Å². The molecule has 0 spiro atoms. The summed E-state index contributed by atoms with van der Waals surface area (Å²) in [4.78, 5) is 0. The third-order valence-corrected chi connectivity index (χ3v) is 8.12. The number of rotatable bonds is 0. The van der Waals surface area contributed by atoms with Crippen molar-refractivity contribution in [3.63, 3.8) is 0 Å². The molecule has 0 aliphatic heterocycles. The minimum Gasteiger partial charge on any atom is -0.393 e. The topological polar surface area (TPSA) is 20.2 Å². The number of aliphatic hydroxyl groups is 1. The molecule has 7 atom stereocenters. The van der Waals surface area contributed by atoms with E-state index < -0.39 is 0 Å². The van der Waals surface area contributed by atoms with Gasteiger partial charge in [-0.3, -0.25) is 0 Å². The lowest BCUT2D eigenvalue weighted by molar-refractivity contribution is -0.0610. The van der Waals surface area contributed by atoms with Gasteiger partial charge in [-0.05, 0) is 99.7 Å². The van der Waals surface area contributed by atoms with Gasteiger partial charge < -0.3 is 5.11 Å². The molecule has 0 bridgehead atoms. The van der Waals surface area contributed by atoms with Crippen LogP contribution in [0.15, 0.2) is 11.6 Å². The predicted molar refractivity (Wildman–Crippen MR) is 86.9 cm³/mol. The summed E-state index contributed by atoms with van der Waals surface area (Å²) >= 11 is 0. The first-order chi connectivity index (χ1) is 10.1. The molecule has 4 saturated carbocycles. The molecule has 1 N–H and O–H groups in total. The monoisotopic (exact) mass is 288 g/mol. The summed E-state index contributed by atoms with van der Waals surface area (Å²) in [5.41, 5.74) is 2.31. The molecule has 4 aliphatic carbocycles. The lowest BCUT2D eigenvalue weighted by Crippen LogP contribution is -2.48. The summed E-state index contributed by atoms with van der Waals surface area (Å²) in [5.74, 6) is 4.76. The van der Waals surface area contributed by atoms with Crippen LogP contribution in [0.25, 0.3) is 0 Å². The maximum absolute atomic E-state index is 9.99. The Kier molecular flexibility index (Phi) is 3.48. The first-order valence-corrected chi connectivity index (χ1v) is 9.47. The first kappa shape index (κ1) is 14.3. The SMILES string of the molecule is CC=C1CC[C@H]2[C@@H]3CC[C@@H]4C[C@@H](O)CC[C@@H]4[C@H]3CC[C@]12C. The van der Waals surface area contributed by atoms with Gasteiger partial charge in [0.1, 0.15) is 0 Å². The van der Waals surface area contributed by atoms with Crippen LogP contribution in [0, 0.1) is 35.0 Å². The third-order valence-electron chi connectivity index (χ3n) is 8.12. The highest BCUT2D eigenvalue weighted by Gasteiger charge is 2.54. The second-order valence-corrected chi connectivity index (χ2v) is 8.71. The molecular weight excluding hydrogens is 256 g/mol. The van der Waals surface area contributed by atoms with Gasteiger partial charge in [0.25, 0.3) is 0 Å². The fourth-order valence-electron chi connectivity index (χ4n) is 7.15. The Labute approximate surface area is 130 Å². The van der Waals surface area contributed by atoms with Crippen LogP contribution in [0.3, 0.4) is 0 Å². The van der Waals surface area contributed by atoms with Crippen LogP contribution in [-0.4, -0.2) is 11.2 Å². The standard InChI is InChI=1S/C20H32O/c1-3-14-5-9-19-18-7-4-13-12-15(21)6-8-16(13)17(18)10-11-20(14,19)2/h3,13,15-19,21H,4-12H2,1-2H3/t13-,15+,16+,17-,18-,19+,20-/m1/s1. The molecule has 0 aromatic rings. The average molecular weight is 288 g/mol. The number of hydrogen-bond acceptors (Lipinski definition) is 1. The first-order valence-electron chi connectivity index (χ1n) is 9.47. The van der Waals surface area contributed by atoms with Gasteiger partial charge in [0.15, 0.2) is 0 Å². The Morgan fingerprint density at radius 1 is 1.00 bits per heavy atom. The minimum atomic E-state index is 0.0118. The van der Waals surface area contributed by atoms with Gasteiger partial charge in [0.05, 0.1) is 6.10 Å². The summed E-state index contributed by atoms with van der Waals surface area (Å²) in [5, 5.41) is 9.99. The summed E-state index contributed by atoms with van der Waals surface area (Å²) in [6.07, 6.45) is 14.5. The van der Waals surface area contributed by atoms with Crippen LogP contribution < -0.4 is 0 Å². The predicted octanol–water partition coefficient (Wildman–Crippen LogP) is 4.95. The largest absolute Gasteiger partial charge is 0.393 e. The highest BCUT2D eigenvalue weighted by Crippen LogP contribution is 2.63. The fourth-order valence-corrected chi connectivity index (χ4v) is 7.15. The van der Waals surface area contributed by atoms with Crippen molar-refractivity contribution in [2.45, 2.75) is 77.7 Å². The van der Waals surface area contributed by atoms with Crippen molar-refractivity contribution in [3.05, 3.63) is 11.6 Å². The van der Waals surface area contributed by atoms with E-state index in [0.717, 1.165) is 42.4 Å². The molecule has 0 heterocycles. The van der Waals surface area contributed by atoms with Gasteiger partial charge >= 0.3 is 0 Å². The van der Waals surface area contributed by atoms with Gasteiger partial charge in [-0.2, -0.15) is 0 Å². The van der Waals surface area contributed by atoms with Crippen molar-refractivity contribution in [3.8, 4) is 0 Å². The number of fused-ring (bicyclic) bond motifs is 5. The van der Waals surface area contributed by atoms with Crippen molar-refractivity contribution >= 4 is 0 Å². The van der Waals surface area contributed by atoms with Gasteiger partial charge in [0.2, 0.25) is 0 Å². The molecule has 4 fully saturated rings. The van der Waals surface area contributed by atoms with Crippen LogP contribution >= 0.6 is 0 Å². The lowest BCUT2D eigenvalue weighted by atomic mass is 9.50. The highest BCUT2D eigenvalue weighted by atomic mass is 16.3. The normalized spacial score (nSPS) is 54.9. The van der Waals surface area contributed by atoms with E-state index >= 15 is 0 Å². The van der Waals surface area contributed by atoms with Crippen LogP contribution in [0.5, 0.6) is 0 Å². The maximum Gasteiger partial charge on any atom is 0.0543 e. The van der Waals surface area contributed by atoms with Gasteiger partial charge in [-0.15, -0.1) is 0 Å². The van der Waals surface area contributed by atoms with E-state index in [4.69, 9.17) is 0 Å². The maximum atomic E-state index is 9.99. The molecule has 0 aromatic carbocycles. The van der Waals surface area contributed by atoms with E-state index in [-0.39, 0.29) is 6.10 Å². The molecule has 1 heteroatoms. The Bertz CT molecular complexity index is 439. The van der Waals surface area contributed by atoms with Gasteiger partial charge in [-0.25, -0.2) is 0 Å². The van der Waals surface area contributed by atoms with E-state index in [0.29, 0.717) is 5.41 Å². The van der Waals surface area contributed by atoms with Crippen LogP contribution in [0.4, 0.5) is 0 Å². The molecule has 0 saturated heterocycles. The number of aliphatic hydroxyl groups excluding tert-OH is 1. The molecule has 0 aromatic heterocycles. The Morgan fingerprint density at radius 2 is 1.81 bits per heavy atom. The fraction of sp³-hybridized carbons (Fsp3) is 0.900. The third kappa shape index (κ3) is 2.06. The second kappa shape index (κ2) is 5.11. The van der Waals surface area contributed by atoms with Crippen LogP contribution in [0.1, 0.15) is 71.6 Å². The van der Waals surface area contributed by atoms with Crippen molar-refractivity contribution < 1.29 is 5.11 Å². The molecule has 4 rings (SSSR count).